The van der Waals surface area contributed by atoms with Crippen LogP contribution < -0.4 is 11.5 Å². The molecule has 4 nitrogen and oxygen atoms in total. The third kappa shape index (κ3) is 1.86. The van der Waals surface area contributed by atoms with Gasteiger partial charge in [0.2, 0.25) is 0 Å². The quantitative estimate of drug-likeness (QED) is 0.832. The van der Waals surface area contributed by atoms with Gasteiger partial charge in [0.15, 0.2) is 5.58 Å². The molecule has 0 aliphatic rings. The number of nitrogens with zero attached hydrogens (tertiary/aromatic N) is 1. The van der Waals surface area contributed by atoms with E-state index in [0.29, 0.717) is 17.9 Å². The Morgan fingerprint density at radius 3 is 3.00 bits per heavy atom. The molecular weight excluding hydrogens is 228 g/mol. The standard InChI is InChI=1S/C11H13ClN2O2/c1-14-9-6-7(8(13)4-5-12)2-3-10(9)16-11(14)15/h2-3,6,8H,4-5,13H2,1H3. The van der Waals surface area contributed by atoms with Gasteiger partial charge in [0, 0.05) is 19.0 Å². The number of alkyl halides is 1. The van der Waals surface area contributed by atoms with Crippen LogP contribution in [0.1, 0.15) is 18.0 Å². The molecule has 0 saturated heterocycles. The minimum atomic E-state index is -0.363. The van der Waals surface area contributed by atoms with Crippen molar-refractivity contribution >= 4 is 22.7 Å². The molecule has 1 atom stereocenters. The van der Waals surface area contributed by atoms with Crippen molar-refractivity contribution in [3.8, 4) is 0 Å². The first-order valence-electron chi connectivity index (χ1n) is 5.04. The maximum absolute atomic E-state index is 11.3. The average Bonchev–Trinajstić information content (AvgIpc) is 2.55. The Labute approximate surface area is 97.6 Å². The van der Waals surface area contributed by atoms with E-state index >= 15 is 0 Å². The van der Waals surface area contributed by atoms with E-state index in [4.69, 9.17) is 21.8 Å². The van der Waals surface area contributed by atoms with E-state index in [1.54, 1.807) is 13.1 Å². The number of nitrogens with two attached hydrogens (primary N) is 1. The summed E-state index contributed by atoms with van der Waals surface area (Å²) >= 11 is 5.65. The van der Waals surface area contributed by atoms with E-state index < -0.39 is 0 Å². The van der Waals surface area contributed by atoms with Gasteiger partial charge in [0.1, 0.15) is 0 Å². The summed E-state index contributed by atoms with van der Waals surface area (Å²) in [5.41, 5.74) is 8.25. The van der Waals surface area contributed by atoms with Gasteiger partial charge in [-0.15, -0.1) is 11.6 Å². The van der Waals surface area contributed by atoms with Crippen molar-refractivity contribution < 1.29 is 4.42 Å². The topological polar surface area (TPSA) is 61.2 Å². The molecule has 0 aliphatic heterocycles. The summed E-state index contributed by atoms with van der Waals surface area (Å²) in [6.45, 7) is 0. The summed E-state index contributed by atoms with van der Waals surface area (Å²) in [7, 11) is 1.67. The predicted molar refractivity (Wildman–Crippen MR) is 63.7 cm³/mol. The van der Waals surface area contributed by atoms with Crippen molar-refractivity contribution in [3.05, 3.63) is 34.3 Å². The van der Waals surface area contributed by atoms with Crippen LogP contribution in [0.25, 0.3) is 11.1 Å². The summed E-state index contributed by atoms with van der Waals surface area (Å²) in [6.07, 6.45) is 0.707. The highest BCUT2D eigenvalue weighted by atomic mass is 35.5. The summed E-state index contributed by atoms with van der Waals surface area (Å²) in [4.78, 5) is 11.3. The summed E-state index contributed by atoms with van der Waals surface area (Å²) in [6, 6.07) is 5.40. The third-order valence-electron chi connectivity index (χ3n) is 2.66. The summed E-state index contributed by atoms with van der Waals surface area (Å²) in [5.74, 6) is 0.154. The lowest BCUT2D eigenvalue weighted by Crippen LogP contribution is -2.11. The number of rotatable bonds is 3. The lowest BCUT2D eigenvalue weighted by molar-refractivity contribution is 0.528. The van der Waals surface area contributed by atoms with Crippen LogP contribution in [0.4, 0.5) is 0 Å². The van der Waals surface area contributed by atoms with E-state index in [9.17, 15) is 4.79 Å². The Morgan fingerprint density at radius 2 is 2.31 bits per heavy atom. The molecule has 16 heavy (non-hydrogen) atoms. The second kappa shape index (κ2) is 4.31. The molecule has 2 aromatic rings. The fourth-order valence-electron chi connectivity index (χ4n) is 1.66. The van der Waals surface area contributed by atoms with Crippen LogP contribution in [0.2, 0.25) is 0 Å². The van der Waals surface area contributed by atoms with Crippen LogP contribution in [-0.4, -0.2) is 10.4 Å². The van der Waals surface area contributed by atoms with E-state index in [2.05, 4.69) is 0 Å². The summed E-state index contributed by atoms with van der Waals surface area (Å²) in [5, 5.41) is 0. The largest absolute Gasteiger partial charge is 0.419 e. The van der Waals surface area contributed by atoms with E-state index in [1.165, 1.54) is 4.57 Å². The molecule has 2 rings (SSSR count). The fourth-order valence-corrected chi connectivity index (χ4v) is 1.89. The van der Waals surface area contributed by atoms with Crippen molar-refractivity contribution in [2.45, 2.75) is 12.5 Å². The van der Waals surface area contributed by atoms with Gasteiger partial charge in [-0.2, -0.15) is 0 Å². The van der Waals surface area contributed by atoms with Gasteiger partial charge in [-0.1, -0.05) is 6.07 Å². The minimum absolute atomic E-state index is 0.105. The molecule has 0 radical (unpaired) electrons. The van der Waals surface area contributed by atoms with Crippen LogP contribution in [0, 0.1) is 0 Å². The van der Waals surface area contributed by atoms with Crippen molar-refractivity contribution in [1.82, 2.24) is 4.57 Å². The van der Waals surface area contributed by atoms with Gasteiger partial charge >= 0.3 is 5.76 Å². The molecule has 5 heteroatoms. The predicted octanol–water partition coefficient (Wildman–Crippen LogP) is 1.76. The minimum Gasteiger partial charge on any atom is -0.408 e. The number of halogens is 1. The van der Waals surface area contributed by atoms with Gasteiger partial charge in [-0.05, 0) is 24.1 Å². The smallest absolute Gasteiger partial charge is 0.408 e. The Kier molecular flexibility index (Phi) is 3.03. The van der Waals surface area contributed by atoms with E-state index in [-0.39, 0.29) is 11.8 Å². The van der Waals surface area contributed by atoms with Crippen molar-refractivity contribution in [2.24, 2.45) is 12.8 Å². The van der Waals surface area contributed by atoms with E-state index in [1.807, 2.05) is 12.1 Å². The number of hydrogen-bond acceptors (Lipinski definition) is 3. The van der Waals surface area contributed by atoms with Gasteiger partial charge < -0.3 is 10.2 Å². The van der Waals surface area contributed by atoms with Crippen LogP contribution in [0.15, 0.2) is 27.4 Å². The number of aryl methyl sites for hydroxylation is 1. The van der Waals surface area contributed by atoms with Crippen molar-refractivity contribution in [2.75, 3.05) is 5.88 Å². The highest BCUT2D eigenvalue weighted by Gasteiger charge is 2.10. The first kappa shape index (κ1) is 11.2. The third-order valence-corrected chi connectivity index (χ3v) is 2.88. The Bertz CT molecular complexity index is 559. The molecule has 2 N–H and O–H groups in total. The van der Waals surface area contributed by atoms with Crippen LogP contribution in [0.3, 0.4) is 0 Å². The molecule has 0 saturated carbocycles. The Morgan fingerprint density at radius 1 is 1.56 bits per heavy atom. The number of aromatic nitrogens is 1. The molecule has 0 bridgehead atoms. The molecule has 0 aliphatic carbocycles. The van der Waals surface area contributed by atoms with Gasteiger partial charge in [-0.25, -0.2) is 4.79 Å². The van der Waals surface area contributed by atoms with Crippen molar-refractivity contribution in [1.29, 1.82) is 0 Å². The number of benzene rings is 1. The molecule has 0 spiro atoms. The maximum atomic E-state index is 11.3. The monoisotopic (exact) mass is 240 g/mol. The number of oxazole rings is 1. The zero-order chi connectivity index (χ0) is 11.7. The average molecular weight is 241 g/mol. The lowest BCUT2D eigenvalue weighted by atomic mass is 10.1. The number of fused-ring (bicyclic) bond motifs is 1. The zero-order valence-electron chi connectivity index (χ0n) is 8.94. The second-order valence-electron chi connectivity index (χ2n) is 3.74. The normalized spacial score (nSPS) is 13.2. The van der Waals surface area contributed by atoms with Crippen LogP contribution >= 0.6 is 11.6 Å². The van der Waals surface area contributed by atoms with Crippen LogP contribution in [0.5, 0.6) is 0 Å². The first-order chi connectivity index (χ1) is 7.63. The maximum Gasteiger partial charge on any atom is 0.419 e. The molecule has 0 amide bonds. The van der Waals surface area contributed by atoms with Crippen LogP contribution in [-0.2, 0) is 7.05 Å². The second-order valence-corrected chi connectivity index (χ2v) is 4.12. The zero-order valence-corrected chi connectivity index (χ0v) is 9.70. The summed E-state index contributed by atoms with van der Waals surface area (Å²) < 4.78 is 6.50. The SMILES string of the molecule is Cn1c(=O)oc2ccc(C(N)CCCl)cc21. The molecule has 1 aromatic carbocycles. The molecule has 1 aromatic heterocycles. The fraction of sp³-hybridized carbons (Fsp3) is 0.364. The Balaban J connectivity index is 2.50. The van der Waals surface area contributed by atoms with Gasteiger partial charge in [0.05, 0.1) is 5.52 Å². The number of hydrogen-bond donors (Lipinski definition) is 1. The first-order valence-corrected chi connectivity index (χ1v) is 5.58. The van der Waals surface area contributed by atoms with Crippen molar-refractivity contribution in [3.63, 3.8) is 0 Å². The van der Waals surface area contributed by atoms with Gasteiger partial charge in [-0.3, -0.25) is 4.57 Å². The molecule has 1 heterocycles. The highest BCUT2D eigenvalue weighted by molar-refractivity contribution is 6.17. The van der Waals surface area contributed by atoms with Gasteiger partial charge in [0.25, 0.3) is 0 Å². The van der Waals surface area contributed by atoms with E-state index in [0.717, 1.165) is 11.1 Å². The highest BCUT2D eigenvalue weighted by Crippen LogP contribution is 2.20. The molecular formula is C11H13ClN2O2. The Hall–Kier alpha value is -1.26. The molecule has 0 fully saturated rings. The molecule has 86 valence electrons. The molecule has 1 unspecified atom stereocenters. The lowest BCUT2D eigenvalue weighted by Gasteiger charge is -2.09.